The molecular formula is C22H24N8O7. The lowest BCUT2D eigenvalue weighted by Gasteiger charge is -2.16. The van der Waals surface area contributed by atoms with Crippen LogP contribution < -0.4 is 26.8 Å². The largest absolute Gasteiger partial charge is 0.469 e. The molecule has 1 aromatic carbocycles. The fourth-order valence-corrected chi connectivity index (χ4v) is 3.04. The van der Waals surface area contributed by atoms with Crippen LogP contribution in [0.25, 0.3) is 11.2 Å². The number of urea groups is 1. The topological polar surface area (TPSA) is 206 Å². The second kappa shape index (κ2) is 12.1. The van der Waals surface area contributed by atoms with Gasteiger partial charge in [0.05, 0.1) is 39.1 Å². The predicted molar refractivity (Wildman–Crippen MR) is 131 cm³/mol. The summed E-state index contributed by atoms with van der Waals surface area (Å²) >= 11 is 0. The third kappa shape index (κ3) is 7.45. The molecule has 0 aliphatic rings. The number of carbonyl (C=O) groups is 4. The fraction of sp³-hybridized carbons (Fsp3) is 0.273. The second-order valence-corrected chi connectivity index (χ2v) is 7.51. The van der Waals surface area contributed by atoms with Gasteiger partial charge in [0.2, 0.25) is 11.9 Å². The van der Waals surface area contributed by atoms with Crippen LogP contribution in [-0.4, -0.2) is 64.1 Å². The number of aromatic nitrogens is 4. The molecule has 15 nitrogen and oxygen atoms in total. The monoisotopic (exact) mass is 512 g/mol. The number of aromatic amines is 1. The molecule has 0 aliphatic heterocycles. The number of amides is 3. The lowest BCUT2D eigenvalue weighted by Crippen LogP contribution is -2.45. The summed E-state index contributed by atoms with van der Waals surface area (Å²) < 4.78 is 9.11. The van der Waals surface area contributed by atoms with Crippen LogP contribution >= 0.6 is 0 Å². The third-order valence-corrected chi connectivity index (χ3v) is 4.77. The van der Waals surface area contributed by atoms with E-state index < -0.39 is 29.6 Å². The van der Waals surface area contributed by atoms with E-state index in [1.54, 1.807) is 24.3 Å². The van der Waals surface area contributed by atoms with Crippen molar-refractivity contribution in [3.05, 3.63) is 46.5 Å². The highest BCUT2D eigenvalue weighted by molar-refractivity contribution is 5.94. The Balaban J connectivity index is 1.59. The number of rotatable bonds is 9. The van der Waals surface area contributed by atoms with E-state index >= 15 is 0 Å². The van der Waals surface area contributed by atoms with Crippen molar-refractivity contribution >= 4 is 52.4 Å². The van der Waals surface area contributed by atoms with Crippen molar-refractivity contribution < 1.29 is 28.7 Å². The van der Waals surface area contributed by atoms with Gasteiger partial charge in [0.15, 0.2) is 11.2 Å². The average Bonchev–Trinajstić information content (AvgIpc) is 2.87. The van der Waals surface area contributed by atoms with Crippen LogP contribution in [0.1, 0.15) is 19.0 Å². The minimum atomic E-state index is -1.21. The van der Waals surface area contributed by atoms with Gasteiger partial charge in [0.1, 0.15) is 6.04 Å². The van der Waals surface area contributed by atoms with E-state index in [0.29, 0.717) is 17.1 Å². The molecule has 0 spiro atoms. The smallest absolute Gasteiger partial charge is 0.329 e. The summed E-state index contributed by atoms with van der Waals surface area (Å²) in [6.07, 6.45) is 1.07. The van der Waals surface area contributed by atoms with Crippen molar-refractivity contribution in [1.82, 2.24) is 25.3 Å². The Kier molecular flexibility index (Phi) is 8.64. The second-order valence-electron chi connectivity index (χ2n) is 7.51. The quantitative estimate of drug-likeness (QED) is 0.250. The van der Waals surface area contributed by atoms with Gasteiger partial charge >= 0.3 is 18.0 Å². The number of hydrogen-bond acceptors (Lipinski definition) is 11. The van der Waals surface area contributed by atoms with Crippen LogP contribution in [0.5, 0.6) is 0 Å². The molecule has 0 aliphatic carbocycles. The Bertz CT molecular complexity index is 1370. The molecule has 194 valence electrons. The lowest BCUT2D eigenvalue weighted by atomic mass is 10.2. The SMILES string of the molecule is COC(=O)C[C@H](NC(=O)Nc1ccc(NCc2cnc3nc(NC(C)=O)[nH]c(=O)c3n2)cc1)C(=O)OC. The number of H-pyrrole nitrogens is 1. The summed E-state index contributed by atoms with van der Waals surface area (Å²) in [5.74, 6) is -1.88. The van der Waals surface area contributed by atoms with Crippen molar-refractivity contribution in [3.8, 4) is 0 Å². The Morgan fingerprint density at radius 1 is 1.00 bits per heavy atom. The first-order valence-electron chi connectivity index (χ1n) is 10.8. The lowest BCUT2D eigenvalue weighted by molar-refractivity contribution is -0.149. The van der Waals surface area contributed by atoms with Gasteiger partial charge in [0, 0.05) is 18.3 Å². The Morgan fingerprint density at radius 2 is 1.70 bits per heavy atom. The van der Waals surface area contributed by atoms with Crippen LogP contribution in [0.2, 0.25) is 0 Å². The summed E-state index contributed by atoms with van der Waals surface area (Å²) in [5.41, 5.74) is 1.13. The number of methoxy groups -OCH3 is 2. The van der Waals surface area contributed by atoms with Crippen molar-refractivity contribution in [2.24, 2.45) is 0 Å². The van der Waals surface area contributed by atoms with Gasteiger partial charge in [-0.15, -0.1) is 0 Å². The van der Waals surface area contributed by atoms with Gasteiger partial charge in [-0.2, -0.15) is 4.98 Å². The highest BCUT2D eigenvalue weighted by atomic mass is 16.5. The van der Waals surface area contributed by atoms with Crippen molar-refractivity contribution in [2.75, 3.05) is 30.2 Å². The third-order valence-electron chi connectivity index (χ3n) is 4.77. The van der Waals surface area contributed by atoms with E-state index in [1.807, 2.05) is 0 Å². The molecule has 0 saturated heterocycles. The van der Waals surface area contributed by atoms with Crippen LogP contribution in [-0.2, 0) is 30.4 Å². The molecule has 3 aromatic rings. The van der Waals surface area contributed by atoms with Crippen molar-refractivity contribution in [1.29, 1.82) is 0 Å². The number of ether oxygens (including phenoxy) is 2. The molecule has 0 saturated carbocycles. The van der Waals surface area contributed by atoms with E-state index in [-0.39, 0.29) is 36.0 Å². The molecular weight excluding hydrogens is 488 g/mol. The van der Waals surface area contributed by atoms with Gasteiger partial charge in [-0.1, -0.05) is 0 Å². The maximum absolute atomic E-state index is 12.3. The first-order valence-corrected chi connectivity index (χ1v) is 10.8. The number of anilines is 3. The Morgan fingerprint density at radius 3 is 2.35 bits per heavy atom. The van der Waals surface area contributed by atoms with Gasteiger partial charge in [-0.25, -0.2) is 19.6 Å². The summed E-state index contributed by atoms with van der Waals surface area (Å²) in [7, 11) is 2.31. The van der Waals surface area contributed by atoms with E-state index in [9.17, 15) is 24.0 Å². The molecule has 0 fully saturated rings. The summed E-state index contributed by atoms with van der Waals surface area (Å²) in [6, 6.07) is 4.67. The zero-order valence-corrected chi connectivity index (χ0v) is 20.1. The highest BCUT2D eigenvalue weighted by Crippen LogP contribution is 2.15. The maximum atomic E-state index is 12.3. The average molecular weight is 512 g/mol. The van der Waals surface area contributed by atoms with Crippen molar-refractivity contribution in [3.63, 3.8) is 0 Å². The molecule has 2 aromatic heterocycles. The van der Waals surface area contributed by atoms with E-state index in [0.717, 1.165) is 7.11 Å². The zero-order valence-electron chi connectivity index (χ0n) is 20.1. The first-order chi connectivity index (χ1) is 17.7. The van der Waals surface area contributed by atoms with Gasteiger partial charge in [-0.3, -0.25) is 24.7 Å². The first kappa shape index (κ1) is 26.5. The van der Waals surface area contributed by atoms with Crippen LogP contribution in [0.15, 0.2) is 35.3 Å². The van der Waals surface area contributed by atoms with Gasteiger partial charge < -0.3 is 25.4 Å². The van der Waals surface area contributed by atoms with E-state index in [4.69, 9.17) is 0 Å². The molecule has 5 N–H and O–H groups in total. The van der Waals surface area contributed by atoms with E-state index in [1.165, 1.54) is 20.2 Å². The summed E-state index contributed by atoms with van der Waals surface area (Å²) in [6.45, 7) is 1.52. The maximum Gasteiger partial charge on any atom is 0.329 e. The molecule has 3 amide bonds. The standard InChI is InChI=1S/C22H24N8O7/c1-11(31)25-21-29-18-17(19(33)30-21)26-14(10-24-18)9-23-12-4-6-13(7-5-12)27-22(35)28-15(20(34)37-3)8-16(32)36-2/h4-7,10,15,23H,8-9H2,1-3H3,(H2,27,28,35)(H2,24,25,29,30,31,33)/t15-/m0/s1. The fourth-order valence-electron chi connectivity index (χ4n) is 3.04. The highest BCUT2D eigenvalue weighted by Gasteiger charge is 2.25. The number of hydrogen-bond donors (Lipinski definition) is 5. The number of benzene rings is 1. The van der Waals surface area contributed by atoms with Crippen LogP contribution in [0.3, 0.4) is 0 Å². The number of fused-ring (bicyclic) bond motifs is 1. The van der Waals surface area contributed by atoms with E-state index in [2.05, 4.69) is 50.7 Å². The number of esters is 2. The van der Waals surface area contributed by atoms with Gasteiger partial charge in [0.25, 0.3) is 5.56 Å². The number of carbonyl (C=O) groups excluding carboxylic acids is 4. The normalized spacial score (nSPS) is 11.2. The zero-order chi connectivity index (χ0) is 26.9. The number of nitrogens with one attached hydrogen (secondary N) is 5. The van der Waals surface area contributed by atoms with Crippen LogP contribution in [0, 0.1) is 0 Å². The summed E-state index contributed by atoms with van der Waals surface area (Å²) in [4.78, 5) is 73.8. The van der Waals surface area contributed by atoms with Crippen molar-refractivity contribution in [2.45, 2.75) is 25.9 Å². The molecule has 2 heterocycles. The molecule has 0 radical (unpaired) electrons. The minimum absolute atomic E-state index is 0.0168. The Labute approximate surface area is 209 Å². The minimum Gasteiger partial charge on any atom is -0.469 e. The molecule has 15 heteroatoms. The predicted octanol–water partition coefficient (Wildman–Crippen LogP) is 0.510. The molecule has 0 bridgehead atoms. The Hall–Kier alpha value is -5.08. The molecule has 0 unspecified atom stereocenters. The molecule has 3 rings (SSSR count). The van der Waals surface area contributed by atoms with Crippen LogP contribution in [0.4, 0.5) is 22.1 Å². The van der Waals surface area contributed by atoms with Gasteiger partial charge in [-0.05, 0) is 24.3 Å². The molecule has 37 heavy (non-hydrogen) atoms. The molecule has 1 atom stereocenters. The number of nitrogens with zero attached hydrogens (tertiary/aromatic N) is 3. The summed E-state index contributed by atoms with van der Waals surface area (Å²) in [5, 5.41) is 10.4.